The molecule has 0 amide bonds. The Bertz CT molecular complexity index is 731. The quantitative estimate of drug-likeness (QED) is 0.496. The zero-order valence-electron chi connectivity index (χ0n) is 22.0. The predicted octanol–water partition coefficient (Wildman–Crippen LogP) is 5.37. The summed E-state index contributed by atoms with van der Waals surface area (Å²) in [6, 6.07) is 0. The van der Waals surface area contributed by atoms with Crippen molar-refractivity contribution in [1.29, 1.82) is 0 Å². The molecule has 0 unspecified atom stereocenters. The number of carbonyl (C=O) groups is 1. The second-order valence-electron chi connectivity index (χ2n) is 13.6. The van der Waals surface area contributed by atoms with E-state index in [0.29, 0.717) is 36.9 Å². The Kier molecular flexibility index (Phi) is 6.91. The highest BCUT2D eigenvalue weighted by atomic mass is 16.3. The van der Waals surface area contributed by atoms with Crippen LogP contribution in [0.2, 0.25) is 0 Å². The number of aliphatic hydroxyl groups is 3. The second-order valence-corrected chi connectivity index (χ2v) is 13.6. The summed E-state index contributed by atoms with van der Waals surface area (Å²) in [4.78, 5) is 12.2. The highest BCUT2D eigenvalue weighted by molar-refractivity contribution is 5.79. The van der Waals surface area contributed by atoms with E-state index >= 15 is 0 Å². The van der Waals surface area contributed by atoms with Gasteiger partial charge in [0.1, 0.15) is 5.78 Å². The van der Waals surface area contributed by atoms with Crippen LogP contribution in [0.4, 0.5) is 0 Å². The molecule has 0 aromatic heterocycles. The Morgan fingerprint density at radius 2 is 1.82 bits per heavy atom. The fourth-order valence-electron chi connectivity index (χ4n) is 9.64. The van der Waals surface area contributed by atoms with Gasteiger partial charge >= 0.3 is 0 Å². The molecule has 33 heavy (non-hydrogen) atoms. The van der Waals surface area contributed by atoms with Crippen LogP contribution in [0.3, 0.4) is 0 Å². The fourth-order valence-corrected chi connectivity index (χ4v) is 9.64. The third kappa shape index (κ3) is 4.04. The molecule has 4 aliphatic carbocycles. The molecule has 3 N–H and O–H groups in total. The van der Waals surface area contributed by atoms with E-state index in [9.17, 15) is 20.1 Å². The van der Waals surface area contributed by atoms with E-state index in [1.165, 1.54) is 0 Å². The Morgan fingerprint density at radius 3 is 2.45 bits per heavy atom. The van der Waals surface area contributed by atoms with Gasteiger partial charge in [0, 0.05) is 18.3 Å². The van der Waals surface area contributed by atoms with Gasteiger partial charge in [-0.3, -0.25) is 4.79 Å². The molecule has 4 fully saturated rings. The van der Waals surface area contributed by atoms with E-state index in [4.69, 9.17) is 0 Å². The summed E-state index contributed by atoms with van der Waals surface area (Å²) in [6.07, 6.45) is 7.56. The maximum absolute atomic E-state index is 12.2. The molecule has 0 saturated heterocycles. The van der Waals surface area contributed by atoms with Crippen LogP contribution < -0.4 is 0 Å². The van der Waals surface area contributed by atoms with Gasteiger partial charge in [0.25, 0.3) is 0 Å². The van der Waals surface area contributed by atoms with E-state index in [0.717, 1.165) is 44.9 Å². The van der Waals surface area contributed by atoms with Crippen molar-refractivity contribution >= 4 is 5.78 Å². The van der Waals surface area contributed by atoms with Crippen LogP contribution in [-0.2, 0) is 4.79 Å². The summed E-state index contributed by atoms with van der Waals surface area (Å²) in [5.74, 6) is 2.55. The van der Waals surface area contributed by atoms with Crippen LogP contribution >= 0.6 is 0 Å². The first kappa shape index (κ1) is 25.6. The molecule has 0 aliphatic heterocycles. The number of aliphatic hydroxyl groups excluding tert-OH is 2. The number of hydrogen-bond donors (Lipinski definition) is 3. The Labute approximate surface area is 201 Å². The second kappa shape index (κ2) is 8.89. The van der Waals surface area contributed by atoms with Crippen LogP contribution in [0.1, 0.15) is 106 Å². The highest BCUT2D eigenvalue weighted by Crippen LogP contribution is 2.68. The third-order valence-corrected chi connectivity index (χ3v) is 11.8. The van der Waals surface area contributed by atoms with E-state index in [-0.39, 0.29) is 40.4 Å². The smallest absolute Gasteiger partial charge is 0.133 e. The molecule has 0 spiro atoms. The van der Waals surface area contributed by atoms with Gasteiger partial charge in [-0.2, -0.15) is 0 Å². The lowest BCUT2D eigenvalue weighted by atomic mass is 9.43. The number of ketones is 1. The third-order valence-electron chi connectivity index (χ3n) is 11.8. The Hall–Kier alpha value is -0.450. The van der Waals surface area contributed by atoms with Crippen molar-refractivity contribution in [3.05, 3.63) is 0 Å². The molecule has 0 radical (unpaired) electrons. The van der Waals surface area contributed by atoms with Crippen LogP contribution in [0.25, 0.3) is 0 Å². The number of rotatable bonds is 6. The minimum Gasteiger partial charge on any atom is -0.393 e. The average molecular weight is 463 g/mol. The largest absolute Gasteiger partial charge is 0.393 e. The minimum atomic E-state index is -0.803. The number of Topliss-reactive ketones (excluding diaryl/α,β-unsaturated/α-hetero) is 1. The average Bonchev–Trinajstić information content (AvgIpc) is 3.10. The first-order valence-corrected chi connectivity index (χ1v) is 14.0. The van der Waals surface area contributed by atoms with Gasteiger partial charge in [-0.1, -0.05) is 41.0 Å². The lowest BCUT2D eigenvalue weighted by Crippen LogP contribution is -2.63. The van der Waals surface area contributed by atoms with Crippen molar-refractivity contribution in [3.63, 3.8) is 0 Å². The van der Waals surface area contributed by atoms with E-state index in [1.807, 2.05) is 6.92 Å². The molecule has 0 heterocycles. The van der Waals surface area contributed by atoms with Gasteiger partial charge in [-0.15, -0.1) is 0 Å². The molecule has 190 valence electrons. The van der Waals surface area contributed by atoms with Crippen LogP contribution in [0.15, 0.2) is 0 Å². The standard InChI is InChI=1S/C29H50O4/c1-7-18(17(2)3)10-13-28(5,33)24-9-8-21-26-22(16-25(32)29(21,24)6)27(4)12-11-20(30)14-19(27)15-23(26)31/h17-19,21-26,31-33H,7-16H2,1-6H3/t18-,19+,21-,22-,23+,24+,25+,26-,27-,28-,29-/m0/s1. The van der Waals surface area contributed by atoms with Crippen molar-refractivity contribution in [1.82, 2.24) is 0 Å². The van der Waals surface area contributed by atoms with Crippen molar-refractivity contribution in [3.8, 4) is 0 Å². The zero-order valence-corrected chi connectivity index (χ0v) is 22.0. The van der Waals surface area contributed by atoms with E-state index < -0.39 is 17.8 Å². The van der Waals surface area contributed by atoms with Crippen molar-refractivity contribution < 1.29 is 20.1 Å². The number of hydrogen-bond acceptors (Lipinski definition) is 4. The molecule has 4 aliphatic rings. The van der Waals surface area contributed by atoms with Gasteiger partial charge in [0.2, 0.25) is 0 Å². The highest BCUT2D eigenvalue weighted by Gasteiger charge is 2.67. The molecular formula is C29H50O4. The number of carbonyl (C=O) groups excluding carboxylic acids is 1. The maximum Gasteiger partial charge on any atom is 0.133 e. The summed E-state index contributed by atoms with van der Waals surface area (Å²) >= 11 is 0. The van der Waals surface area contributed by atoms with Crippen LogP contribution in [-0.4, -0.2) is 38.9 Å². The van der Waals surface area contributed by atoms with Crippen molar-refractivity contribution in [2.75, 3.05) is 0 Å². The monoisotopic (exact) mass is 462 g/mol. The van der Waals surface area contributed by atoms with Crippen molar-refractivity contribution in [2.24, 2.45) is 52.3 Å². The lowest BCUT2D eigenvalue weighted by Gasteiger charge is -2.63. The first-order chi connectivity index (χ1) is 15.4. The molecule has 4 heteroatoms. The summed E-state index contributed by atoms with van der Waals surface area (Å²) in [6.45, 7) is 13.4. The molecule has 4 rings (SSSR count). The number of fused-ring (bicyclic) bond motifs is 5. The molecule has 11 atom stereocenters. The maximum atomic E-state index is 12.2. The molecule has 0 aromatic carbocycles. The van der Waals surface area contributed by atoms with Gasteiger partial charge in [0.15, 0.2) is 0 Å². The fraction of sp³-hybridized carbons (Fsp3) is 0.966. The van der Waals surface area contributed by atoms with E-state index in [2.05, 4.69) is 34.6 Å². The first-order valence-electron chi connectivity index (χ1n) is 14.0. The van der Waals surface area contributed by atoms with Gasteiger partial charge in [0.05, 0.1) is 17.8 Å². The minimum absolute atomic E-state index is 0.0341. The van der Waals surface area contributed by atoms with Crippen LogP contribution in [0, 0.1) is 52.3 Å². The lowest BCUT2D eigenvalue weighted by molar-refractivity contribution is -0.212. The molecule has 0 bridgehead atoms. The molecule has 4 saturated carbocycles. The summed E-state index contributed by atoms with van der Waals surface area (Å²) < 4.78 is 0. The Balaban J connectivity index is 1.59. The molecule has 4 nitrogen and oxygen atoms in total. The van der Waals surface area contributed by atoms with E-state index in [1.54, 1.807) is 0 Å². The van der Waals surface area contributed by atoms with Gasteiger partial charge in [-0.25, -0.2) is 0 Å². The molecular weight excluding hydrogens is 412 g/mol. The Morgan fingerprint density at radius 1 is 1.12 bits per heavy atom. The van der Waals surface area contributed by atoms with Crippen molar-refractivity contribution in [2.45, 2.75) is 124 Å². The predicted molar refractivity (Wildman–Crippen MR) is 131 cm³/mol. The zero-order chi connectivity index (χ0) is 24.3. The molecule has 0 aromatic rings. The van der Waals surface area contributed by atoms with Crippen LogP contribution in [0.5, 0.6) is 0 Å². The summed E-state index contributed by atoms with van der Waals surface area (Å²) in [5.41, 5.74) is -1.13. The normalized spacial score (nSPS) is 48.1. The SMILES string of the molecule is CC[C@@H](CC[C@](C)(O)[C@H]1CC[C@H]2[C@@H]3[C@H](O)C[C@H]4CC(=O)CC[C@]4(C)[C@H]3C[C@@H](O)[C@@]21C)C(C)C. The van der Waals surface area contributed by atoms with Gasteiger partial charge in [-0.05, 0) is 98.7 Å². The van der Waals surface area contributed by atoms with Gasteiger partial charge < -0.3 is 15.3 Å². The summed E-state index contributed by atoms with van der Waals surface area (Å²) in [5, 5.41) is 34.9. The topological polar surface area (TPSA) is 77.8 Å². The summed E-state index contributed by atoms with van der Waals surface area (Å²) in [7, 11) is 0.